The van der Waals surface area contributed by atoms with E-state index in [-0.39, 0.29) is 5.41 Å². The fourth-order valence-corrected chi connectivity index (χ4v) is 3.38. The Kier molecular flexibility index (Phi) is 1.59. The van der Waals surface area contributed by atoms with Crippen LogP contribution in [0.4, 0.5) is 0 Å². The molecule has 2 aliphatic rings. The Morgan fingerprint density at radius 3 is 2.25 bits per heavy atom. The lowest BCUT2D eigenvalue weighted by molar-refractivity contribution is -0.0977. The van der Waals surface area contributed by atoms with Crippen LogP contribution in [0, 0.1) is 17.3 Å². The highest BCUT2D eigenvalue weighted by molar-refractivity contribution is 5.12. The van der Waals surface area contributed by atoms with Crippen LogP contribution in [0.2, 0.25) is 0 Å². The zero-order valence-electron chi connectivity index (χ0n) is 8.01. The van der Waals surface area contributed by atoms with Crippen molar-refractivity contribution < 1.29 is 5.11 Å². The zero-order chi connectivity index (χ0) is 8.98. The number of nitrogens with two attached hydrogens (primary N) is 1. The quantitative estimate of drug-likeness (QED) is 0.618. The van der Waals surface area contributed by atoms with Gasteiger partial charge in [-0.2, -0.15) is 0 Å². The van der Waals surface area contributed by atoms with Gasteiger partial charge in [0.1, 0.15) is 0 Å². The molecule has 0 aromatic carbocycles. The summed E-state index contributed by atoms with van der Waals surface area (Å²) < 4.78 is 0. The first-order valence-electron chi connectivity index (χ1n) is 4.95. The summed E-state index contributed by atoms with van der Waals surface area (Å²) in [6, 6.07) is 0. The first-order chi connectivity index (χ1) is 5.52. The number of rotatable bonds is 1. The van der Waals surface area contributed by atoms with Gasteiger partial charge in [-0.05, 0) is 36.5 Å². The monoisotopic (exact) mass is 169 g/mol. The molecule has 3 atom stereocenters. The molecule has 12 heavy (non-hydrogen) atoms. The largest absolute Gasteiger partial charge is 0.388 e. The summed E-state index contributed by atoms with van der Waals surface area (Å²) in [5, 5.41) is 10.4. The van der Waals surface area contributed by atoms with Gasteiger partial charge in [-0.3, -0.25) is 0 Å². The average Bonchev–Trinajstić information content (AvgIpc) is 2.55. The smallest absolute Gasteiger partial charge is 0.0850 e. The molecule has 0 amide bonds. The van der Waals surface area contributed by atoms with Gasteiger partial charge in [0.25, 0.3) is 0 Å². The van der Waals surface area contributed by atoms with E-state index in [4.69, 9.17) is 5.73 Å². The van der Waals surface area contributed by atoms with E-state index < -0.39 is 5.60 Å². The van der Waals surface area contributed by atoms with Gasteiger partial charge in [0.2, 0.25) is 0 Å². The SMILES string of the molecule is CC1(C)[C@H]2CC[C@H](C2)[C@]1(O)CN. The third-order valence-corrected chi connectivity index (χ3v) is 4.56. The van der Waals surface area contributed by atoms with Crippen molar-refractivity contribution in [2.75, 3.05) is 6.54 Å². The zero-order valence-corrected chi connectivity index (χ0v) is 8.01. The number of fused-ring (bicyclic) bond motifs is 2. The minimum atomic E-state index is -0.573. The van der Waals surface area contributed by atoms with E-state index in [1.54, 1.807) is 0 Å². The molecular weight excluding hydrogens is 150 g/mol. The van der Waals surface area contributed by atoms with Crippen molar-refractivity contribution in [3.8, 4) is 0 Å². The van der Waals surface area contributed by atoms with Crippen LogP contribution < -0.4 is 5.73 Å². The Bertz CT molecular complexity index is 202. The molecule has 2 nitrogen and oxygen atoms in total. The minimum absolute atomic E-state index is 0.0463. The van der Waals surface area contributed by atoms with E-state index in [2.05, 4.69) is 13.8 Å². The van der Waals surface area contributed by atoms with Crippen LogP contribution in [-0.2, 0) is 0 Å². The van der Waals surface area contributed by atoms with Crippen LogP contribution in [0.1, 0.15) is 33.1 Å². The van der Waals surface area contributed by atoms with Gasteiger partial charge in [-0.15, -0.1) is 0 Å². The Hall–Kier alpha value is -0.0800. The van der Waals surface area contributed by atoms with Gasteiger partial charge in [-0.1, -0.05) is 13.8 Å². The summed E-state index contributed by atoms with van der Waals surface area (Å²) in [5.41, 5.74) is 5.15. The lowest BCUT2D eigenvalue weighted by Gasteiger charge is -2.45. The Labute approximate surface area is 74.1 Å². The molecule has 2 bridgehead atoms. The Balaban J connectivity index is 2.34. The van der Waals surface area contributed by atoms with Gasteiger partial charge >= 0.3 is 0 Å². The molecule has 3 N–H and O–H groups in total. The van der Waals surface area contributed by atoms with E-state index in [1.165, 1.54) is 19.3 Å². The van der Waals surface area contributed by atoms with Crippen molar-refractivity contribution >= 4 is 0 Å². The molecule has 70 valence electrons. The van der Waals surface area contributed by atoms with Crippen molar-refractivity contribution in [1.82, 2.24) is 0 Å². The van der Waals surface area contributed by atoms with Crippen molar-refractivity contribution in [2.24, 2.45) is 23.0 Å². The molecule has 0 spiro atoms. The van der Waals surface area contributed by atoms with E-state index in [0.717, 1.165) is 0 Å². The average molecular weight is 169 g/mol. The third-order valence-electron chi connectivity index (χ3n) is 4.56. The summed E-state index contributed by atoms with van der Waals surface area (Å²) in [5.74, 6) is 1.18. The van der Waals surface area contributed by atoms with Crippen molar-refractivity contribution in [1.29, 1.82) is 0 Å². The third kappa shape index (κ3) is 0.728. The highest BCUT2D eigenvalue weighted by atomic mass is 16.3. The molecule has 2 heteroatoms. The van der Waals surface area contributed by atoms with Crippen LogP contribution in [0.5, 0.6) is 0 Å². The van der Waals surface area contributed by atoms with Crippen molar-refractivity contribution in [3.05, 3.63) is 0 Å². The normalized spacial score (nSPS) is 50.0. The van der Waals surface area contributed by atoms with Crippen molar-refractivity contribution in [2.45, 2.75) is 38.7 Å². The lowest BCUT2D eigenvalue weighted by atomic mass is 9.65. The van der Waals surface area contributed by atoms with Gasteiger partial charge in [-0.25, -0.2) is 0 Å². The van der Waals surface area contributed by atoms with Crippen molar-refractivity contribution in [3.63, 3.8) is 0 Å². The summed E-state index contributed by atoms with van der Waals surface area (Å²) in [6.45, 7) is 4.77. The molecule has 0 aromatic rings. The van der Waals surface area contributed by atoms with Crippen LogP contribution in [-0.4, -0.2) is 17.3 Å². The van der Waals surface area contributed by atoms with Crippen LogP contribution in [0.15, 0.2) is 0 Å². The Morgan fingerprint density at radius 1 is 1.33 bits per heavy atom. The first-order valence-corrected chi connectivity index (χ1v) is 4.95. The first kappa shape index (κ1) is 8.52. The minimum Gasteiger partial charge on any atom is -0.388 e. The number of hydrogen-bond donors (Lipinski definition) is 2. The van der Waals surface area contributed by atoms with Gasteiger partial charge in [0.15, 0.2) is 0 Å². The standard InChI is InChI=1S/C10H19NO/c1-9(2)7-3-4-8(5-7)10(9,12)6-11/h7-8,12H,3-6,11H2,1-2H3/t7-,8+,10+/m0/s1. The Morgan fingerprint density at radius 2 is 1.92 bits per heavy atom. The molecule has 0 heterocycles. The van der Waals surface area contributed by atoms with Gasteiger partial charge in [0.05, 0.1) is 5.60 Å². The summed E-state index contributed by atoms with van der Waals surface area (Å²) in [7, 11) is 0. The molecule has 2 rings (SSSR count). The molecule has 2 fully saturated rings. The van der Waals surface area contributed by atoms with Crippen LogP contribution >= 0.6 is 0 Å². The summed E-state index contributed by atoms with van der Waals surface area (Å²) in [4.78, 5) is 0. The highest BCUT2D eigenvalue weighted by Crippen LogP contribution is 2.60. The summed E-state index contributed by atoms with van der Waals surface area (Å²) in [6.07, 6.45) is 3.67. The number of aliphatic hydroxyl groups is 1. The maximum atomic E-state index is 10.4. The maximum Gasteiger partial charge on any atom is 0.0850 e. The lowest BCUT2D eigenvalue weighted by Crippen LogP contribution is -2.54. The topological polar surface area (TPSA) is 46.2 Å². The predicted molar refractivity (Wildman–Crippen MR) is 48.6 cm³/mol. The summed E-state index contributed by atoms with van der Waals surface area (Å²) >= 11 is 0. The van der Waals surface area contributed by atoms with Crippen LogP contribution in [0.25, 0.3) is 0 Å². The second kappa shape index (κ2) is 2.24. The second-order valence-corrected chi connectivity index (χ2v) is 5.06. The number of hydrogen-bond acceptors (Lipinski definition) is 2. The maximum absolute atomic E-state index is 10.4. The molecule has 0 aromatic heterocycles. The molecule has 0 aliphatic heterocycles. The van der Waals surface area contributed by atoms with Gasteiger partial charge < -0.3 is 10.8 Å². The molecule has 2 aliphatic carbocycles. The molecule has 0 saturated heterocycles. The molecule has 2 saturated carbocycles. The van der Waals surface area contributed by atoms with Gasteiger partial charge in [0, 0.05) is 6.54 Å². The van der Waals surface area contributed by atoms with Crippen LogP contribution in [0.3, 0.4) is 0 Å². The molecule has 0 unspecified atom stereocenters. The predicted octanol–water partition coefficient (Wildman–Crippen LogP) is 1.13. The fraction of sp³-hybridized carbons (Fsp3) is 1.00. The van der Waals surface area contributed by atoms with E-state index in [0.29, 0.717) is 18.4 Å². The van der Waals surface area contributed by atoms with E-state index in [1.807, 2.05) is 0 Å². The molecule has 0 radical (unpaired) electrons. The second-order valence-electron chi connectivity index (χ2n) is 5.06. The molecular formula is C10H19NO. The van der Waals surface area contributed by atoms with E-state index in [9.17, 15) is 5.11 Å². The van der Waals surface area contributed by atoms with E-state index >= 15 is 0 Å². The fourth-order valence-electron chi connectivity index (χ4n) is 3.38. The highest BCUT2D eigenvalue weighted by Gasteiger charge is 2.61.